The van der Waals surface area contributed by atoms with Crippen LogP contribution in [0.25, 0.3) is 11.0 Å². The van der Waals surface area contributed by atoms with Crippen LogP contribution in [0.5, 0.6) is 0 Å². The van der Waals surface area contributed by atoms with Gasteiger partial charge in [-0.1, -0.05) is 12.1 Å². The Morgan fingerprint density at radius 1 is 1.23 bits per heavy atom. The number of sulfonamides is 1. The summed E-state index contributed by atoms with van der Waals surface area (Å²) in [6.45, 7) is 2.39. The van der Waals surface area contributed by atoms with Crippen molar-refractivity contribution in [2.45, 2.75) is 11.3 Å². The molecule has 5 rings (SSSR count). The minimum atomic E-state index is -3.63. The molecule has 0 amide bonds. The van der Waals surface area contributed by atoms with E-state index in [0.29, 0.717) is 5.13 Å². The fourth-order valence-corrected chi connectivity index (χ4v) is 5.48. The van der Waals surface area contributed by atoms with Gasteiger partial charge >= 0.3 is 0 Å². The van der Waals surface area contributed by atoms with Gasteiger partial charge in [0.2, 0.25) is 5.95 Å². The minimum Gasteiger partial charge on any atom is -0.369 e. The molecule has 3 N–H and O–H groups in total. The van der Waals surface area contributed by atoms with Gasteiger partial charge in [0.25, 0.3) is 10.0 Å². The number of thiazole rings is 1. The summed E-state index contributed by atoms with van der Waals surface area (Å²) in [6, 6.07) is 13.2. The Bertz CT molecular complexity index is 1260. The molecule has 10 heteroatoms. The lowest BCUT2D eigenvalue weighted by Gasteiger charge is -2.19. The molecule has 8 nitrogen and oxygen atoms in total. The van der Waals surface area contributed by atoms with Crippen LogP contribution in [0.15, 0.2) is 58.9 Å². The molecule has 2 aromatic heterocycles. The van der Waals surface area contributed by atoms with Crippen molar-refractivity contribution >= 4 is 49.2 Å². The maximum absolute atomic E-state index is 12.6. The van der Waals surface area contributed by atoms with Gasteiger partial charge in [-0.25, -0.2) is 18.4 Å². The van der Waals surface area contributed by atoms with Gasteiger partial charge < -0.3 is 15.2 Å². The highest BCUT2D eigenvalue weighted by Crippen LogP contribution is 2.30. The molecule has 156 valence electrons. The number of imidazole rings is 1. The summed E-state index contributed by atoms with van der Waals surface area (Å²) >= 11 is 1.25. The van der Waals surface area contributed by atoms with E-state index < -0.39 is 10.0 Å². The molecule has 2 aromatic carbocycles. The molecule has 1 aliphatic heterocycles. The molecule has 0 spiro atoms. The van der Waals surface area contributed by atoms with Crippen LogP contribution in [0.3, 0.4) is 0 Å². The highest BCUT2D eigenvalue weighted by molar-refractivity contribution is 7.93. The Morgan fingerprint density at radius 2 is 2.13 bits per heavy atom. The summed E-state index contributed by atoms with van der Waals surface area (Å²) in [5.74, 6) is 0.755. The van der Waals surface area contributed by atoms with Crippen molar-refractivity contribution in [2.24, 2.45) is 0 Å². The molecule has 0 fully saturated rings. The lowest BCUT2D eigenvalue weighted by atomic mass is 10.2. The molecule has 0 saturated heterocycles. The van der Waals surface area contributed by atoms with Crippen LogP contribution < -0.4 is 14.9 Å². The highest BCUT2D eigenvalue weighted by atomic mass is 32.2. The first-order valence-corrected chi connectivity index (χ1v) is 11.9. The average molecular weight is 443 g/mol. The first-order valence-electron chi connectivity index (χ1n) is 9.57. The van der Waals surface area contributed by atoms with Crippen LogP contribution in [-0.2, 0) is 16.4 Å². The van der Waals surface area contributed by atoms with Crippen LogP contribution in [0.4, 0.5) is 16.8 Å². The van der Waals surface area contributed by atoms with E-state index in [1.54, 1.807) is 23.7 Å². The lowest BCUT2D eigenvalue weighted by molar-refractivity contribution is 0.601. The zero-order valence-corrected chi connectivity index (χ0v) is 17.6. The fourth-order valence-electron chi connectivity index (χ4n) is 3.64. The third kappa shape index (κ3) is 3.71. The van der Waals surface area contributed by atoms with E-state index in [9.17, 15) is 8.42 Å². The number of hydrogen-bond acceptors (Lipinski definition) is 7. The van der Waals surface area contributed by atoms with E-state index in [1.165, 1.54) is 11.3 Å². The molecule has 1 aliphatic rings. The number of para-hydroxylation sites is 2. The molecule has 0 saturated carbocycles. The first kappa shape index (κ1) is 18.9. The Hall–Kier alpha value is -3.11. The van der Waals surface area contributed by atoms with Gasteiger partial charge in [0, 0.05) is 38.3 Å². The maximum atomic E-state index is 12.6. The molecule has 4 aromatic rings. The predicted octanol–water partition coefficient (Wildman–Crippen LogP) is 3.54. The second-order valence-electron chi connectivity index (χ2n) is 7.00. The number of aromatic amines is 1. The van der Waals surface area contributed by atoms with Crippen LogP contribution >= 0.6 is 11.3 Å². The number of benzene rings is 2. The van der Waals surface area contributed by atoms with Crippen molar-refractivity contribution in [2.75, 3.05) is 34.6 Å². The standard InChI is InChI=1S/C20H20N6O2S2.H2/c27-30(28,25-20-22-9-12-29-20)15-5-6-18-14(13-15)7-10-26(18)11-8-21-19-23-16-3-1-2-4-17(16)24-19;/h1-6,9,12-13H,7-8,10-11H2,(H,22,25)(H2,21,23,24);1H. The summed E-state index contributed by atoms with van der Waals surface area (Å²) in [6.07, 6.45) is 2.39. The Morgan fingerprint density at radius 3 is 2.97 bits per heavy atom. The topological polar surface area (TPSA) is 103 Å². The number of H-pyrrole nitrogens is 1. The molecule has 0 unspecified atom stereocenters. The van der Waals surface area contributed by atoms with Crippen molar-refractivity contribution in [3.8, 4) is 0 Å². The number of rotatable bonds is 7. The molecule has 30 heavy (non-hydrogen) atoms. The third-order valence-corrected chi connectivity index (χ3v) is 7.22. The second kappa shape index (κ2) is 7.62. The van der Waals surface area contributed by atoms with E-state index in [2.05, 4.69) is 29.9 Å². The number of hydrogen-bond donors (Lipinski definition) is 3. The minimum absolute atomic E-state index is 0. The van der Waals surface area contributed by atoms with Gasteiger partial charge in [-0.3, -0.25) is 4.72 Å². The predicted molar refractivity (Wildman–Crippen MR) is 122 cm³/mol. The quantitative estimate of drug-likeness (QED) is 0.405. The summed E-state index contributed by atoms with van der Waals surface area (Å²) in [5.41, 5.74) is 4.06. The lowest BCUT2D eigenvalue weighted by Crippen LogP contribution is -2.27. The number of aromatic nitrogens is 3. The van der Waals surface area contributed by atoms with Crippen molar-refractivity contribution in [3.63, 3.8) is 0 Å². The number of anilines is 3. The average Bonchev–Trinajstić information content (AvgIpc) is 3.47. The van der Waals surface area contributed by atoms with Gasteiger partial charge in [-0.2, -0.15) is 0 Å². The SMILES string of the molecule is O=S(=O)(Nc1nccs1)c1ccc2c(c1)CCN2CCNc1nc2ccccc2[nH]1.[HH]. The monoisotopic (exact) mass is 442 g/mol. The van der Waals surface area contributed by atoms with Gasteiger partial charge in [0.05, 0.1) is 15.9 Å². The zero-order chi connectivity index (χ0) is 20.6. The van der Waals surface area contributed by atoms with Crippen LogP contribution in [0, 0.1) is 0 Å². The molecular formula is C20H22N6O2S2. The molecule has 0 atom stereocenters. The van der Waals surface area contributed by atoms with Crippen molar-refractivity contribution in [3.05, 3.63) is 59.6 Å². The van der Waals surface area contributed by atoms with E-state index >= 15 is 0 Å². The Labute approximate surface area is 179 Å². The van der Waals surface area contributed by atoms with Gasteiger partial charge in [0.15, 0.2) is 5.13 Å². The fraction of sp³-hybridized carbons (Fsp3) is 0.200. The summed E-state index contributed by atoms with van der Waals surface area (Å²) in [5, 5.41) is 5.44. The van der Waals surface area contributed by atoms with Crippen molar-refractivity contribution in [1.29, 1.82) is 0 Å². The normalized spacial score (nSPS) is 13.5. The molecule has 3 heterocycles. The van der Waals surface area contributed by atoms with Crippen LogP contribution in [-0.4, -0.2) is 43.0 Å². The van der Waals surface area contributed by atoms with Gasteiger partial charge in [-0.15, -0.1) is 11.3 Å². The van der Waals surface area contributed by atoms with Crippen LogP contribution in [0.2, 0.25) is 0 Å². The number of nitrogens with one attached hydrogen (secondary N) is 3. The third-order valence-electron chi connectivity index (χ3n) is 5.07. The molecular weight excluding hydrogens is 420 g/mol. The molecule has 0 aliphatic carbocycles. The Balaban J connectivity index is 0.00000231. The van der Waals surface area contributed by atoms with E-state index in [0.717, 1.165) is 54.3 Å². The first-order chi connectivity index (χ1) is 14.6. The van der Waals surface area contributed by atoms with E-state index in [4.69, 9.17) is 0 Å². The van der Waals surface area contributed by atoms with Crippen molar-refractivity contribution < 1.29 is 9.84 Å². The zero-order valence-electron chi connectivity index (χ0n) is 16.0. The Kier molecular flexibility index (Phi) is 4.80. The van der Waals surface area contributed by atoms with Crippen LogP contribution in [0.1, 0.15) is 6.99 Å². The van der Waals surface area contributed by atoms with Gasteiger partial charge in [0.1, 0.15) is 0 Å². The number of fused-ring (bicyclic) bond motifs is 2. The van der Waals surface area contributed by atoms with Crippen molar-refractivity contribution in [1.82, 2.24) is 15.0 Å². The smallest absolute Gasteiger partial charge is 0.263 e. The molecule has 0 radical (unpaired) electrons. The van der Waals surface area contributed by atoms with E-state index in [-0.39, 0.29) is 6.32 Å². The molecule has 0 bridgehead atoms. The second-order valence-corrected chi connectivity index (χ2v) is 9.58. The number of nitrogens with zero attached hydrogens (tertiary/aromatic N) is 3. The largest absolute Gasteiger partial charge is 0.369 e. The maximum Gasteiger partial charge on any atom is 0.263 e. The summed E-state index contributed by atoms with van der Waals surface area (Å²) in [4.78, 5) is 14.3. The highest BCUT2D eigenvalue weighted by Gasteiger charge is 2.23. The van der Waals surface area contributed by atoms with Gasteiger partial charge in [-0.05, 0) is 42.3 Å². The summed E-state index contributed by atoms with van der Waals surface area (Å²) < 4.78 is 27.7. The summed E-state index contributed by atoms with van der Waals surface area (Å²) in [7, 11) is -3.63. The van der Waals surface area contributed by atoms with E-state index in [1.807, 2.05) is 30.3 Å².